The number of hydrogen-bond acceptors (Lipinski definition) is 7. The predicted molar refractivity (Wildman–Crippen MR) is 158 cm³/mol. The Balaban J connectivity index is 1.54. The normalized spacial score (nSPS) is 21.1. The van der Waals surface area contributed by atoms with Gasteiger partial charge in [-0.2, -0.15) is 13.2 Å². The lowest BCUT2D eigenvalue weighted by Gasteiger charge is -2.42. The zero-order valence-electron chi connectivity index (χ0n) is 24.8. The van der Waals surface area contributed by atoms with Crippen LogP contribution in [0.5, 0.6) is 0 Å². The van der Waals surface area contributed by atoms with E-state index in [2.05, 4.69) is 21.9 Å². The quantitative estimate of drug-likeness (QED) is 0.355. The number of hydrogen-bond donors (Lipinski definition) is 1. The summed E-state index contributed by atoms with van der Waals surface area (Å²) in [6.45, 7) is 11.8. The minimum Gasteiger partial charge on any atom is -0.372 e. The van der Waals surface area contributed by atoms with Crippen molar-refractivity contribution in [1.82, 2.24) is 14.9 Å². The molecule has 1 amide bonds. The van der Waals surface area contributed by atoms with Gasteiger partial charge in [0.1, 0.15) is 11.6 Å². The Hall–Kier alpha value is -4.26. The molecule has 13 heteroatoms. The smallest absolute Gasteiger partial charge is 0.372 e. The summed E-state index contributed by atoms with van der Waals surface area (Å²) >= 11 is 0. The lowest BCUT2D eigenvalue weighted by atomic mass is 10.0. The van der Waals surface area contributed by atoms with Crippen molar-refractivity contribution in [2.24, 2.45) is 0 Å². The molecule has 1 aromatic heterocycles. The number of amides is 1. The second kappa shape index (κ2) is 12.0. The highest BCUT2D eigenvalue weighted by molar-refractivity contribution is 6.07. The van der Waals surface area contributed by atoms with Crippen molar-refractivity contribution in [2.45, 2.75) is 45.2 Å². The molecular formula is C31H33F5N6O2. The summed E-state index contributed by atoms with van der Waals surface area (Å²) in [6.07, 6.45) is -2.11. The van der Waals surface area contributed by atoms with Gasteiger partial charge in [-0.1, -0.05) is 6.58 Å². The molecule has 2 aliphatic rings. The number of nitrogens with one attached hydrogen (secondary N) is 1. The monoisotopic (exact) mass is 616 g/mol. The highest BCUT2D eigenvalue weighted by atomic mass is 19.4. The summed E-state index contributed by atoms with van der Waals surface area (Å²) in [5, 5.41) is 2.53. The molecule has 234 valence electrons. The van der Waals surface area contributed by atoms with E-state index in [0.717, 1.165) is 17.8 Å². The van der Waals surface area contributed by atoms with E-state index in [9.17, 15) is 22.4 Å². The Labute approximate surface area is 252 Å². The number of aromatic nitrogens is 2. The van der Waals surface area contributed by atoms with Crippen LogP contribution in [0.25, 0.3) is 11.1 Å². The highest BCUT2D eigenvalue weighted by Gasteiger charge is 2.36. The van der Waals surface area contributed by atoms with Crippen LogP contribution in [0.2, 0.25) is 0 Å². The van der Waals surface area contributed by atoms with Gasteiger partial charge in [-0.3, -0.25) is 4.79 Å². The van der Waals surface area contributed by atoms with E-state index in [4.69, 9.17) is 4.74 Å². The number of halogens is 5. The number of carbonyl (C=O) groups excluding carboxylic acids is 1. The number of anilines is 3. The van der Waals surface area contributed by atoms with Crippen LogP contribution < -0.4 is 15.1 Å². The molecule has 2 aliphatic heterocycles. The summed E-state index contributed by atoms with van der Waals surface area (Å²) in [6, 6.07) is 4.38. The first-order valence-corrected chi connectivity index (χ1v) is 14.1. The van der Waals surface area contributed by atoms with Crippen LogP contribution >= 0.6 is 0 Å². The minimum absolute atomic E-state index is 0.0227. The number of carbonyl (C=O) groups is 1. The number of alkyl halides is 3. The van der Waals surface area contributed by atoms with Crippen molar-refractivity contribution in [1.29, 1.82) is 0 Å². The third-order valence-electron chi connectivity index (χ3n) is 7.88. The molecule has 2 aromatic carbocycles. The molecule has 0 bridgehead atoms. The van der Waals surface area contributed by atoms with Gasteiger partial charge < -0.3 is 24.8 Å². The van der Waals surface area contributed by atoms with Gasteiger partial charge >= 0.3 is 6.18 Å². The standard InChI is InChI=1S/C31H33F5N6O2/c1-17-13-41(14-18(2)40(17)5)28-10-26(33)24(21-11-37-30(38-12-21)42-15-19(3)44-20(4)16-42)9-27(28)39-29(43)23-7-6-22(32)8-25(23)31(34,35)36/h6-12,18-20H,1,13-16H2,2-5H3,(H,39,43)/t18-,19-,20+/m0/s1. The molecule has 5 rings (SSSR count). The average molecular weight is 617 g/mol. The maximum Gasteiger partial charge on any atom is 0.417 e. The molecule has 0 radical (unpaired) electrons. The van der Waals surface area contributed by atoms with Crippen LogP contribution in [0.3, 0.4) is 0 Å². The van der Waals surface area contributed by atoms with Crippen LogP contribution in [-0.2, 0) is 10.9 Å². The first kappa shape index (κ1) is 31.2. The van der Waals surface area contributed by atoms with Crippen molar-refractivity contribution in [3.63, 3.8) is 0 Å². The average Bonchev–Trinajstić information content (AvgIpc) is 2.95. The second-order valence-corrected chi connectivity index (χ2v) is 11.3. The molecular weight excluding hydrogens is 583 g/mol. The fraction of sp³-hybridized carbons (Fsp3) is 0.387. The fourth-order valence-corrected chi connectivity index (χ4v) is 5.58. The molecule has 0 spiro atoms. The van der Waals surface area contributed by atoms with Gasteiger partial charge in [-0.05, 0) is 51.1 Å². The zero-order chi connectivity index (χ0) is 31.9. The lowest BCUT2D eigenvalue weighted by molar-refractivity contribution is -0.138. The highest BCUT2D eigenvalue weighted by Crippen LogP contribution is 2.38. The van der Waals surface area contributed by atoms with E-state index < -0.39 is 34.8 Å². The van der Waals surface area contributed by atoms with E-state index in [-0.39, 0.29) is 41.3 Å². The largest absolute Gasteiger partial charge is 0.417 e. The Morgan fingerprint density at radius 1 is 1.00 bits per heavy atom. The Bertz CT molecular complexity index is 1550. The molecule has 0 aliphatic carbocycles. The van der Waals surface area contributed by atoms with Gasteiger partial charge in [-0.25, -0.2) is 18.7 Å². The van der Waals surface area contributed by atoms with Gasteiger partial charge in [-0.15, -0.1) is 0 Å². The number of benzene rings is 2. The van der Waals surface area contributed by atoms with E-state index in [0.29, 0.717) is 37.7 Å². The van der Waals surface area contributed by atoms with E-state index in [1.807, 2.05) is 37.6 Å². The number of ether oxygens (including phenoxy) is 1. The SMILES string of the molecule is C=C1CN(c2cc(F)c(-c3cnc(N4C[C@@H](C)O[C@@H](C)C4)nc3)cc2NC(=O)c2ccc(F)cc2C(F)(F)F)C[C@H](C)N1C. The third-order valence-corrected chi connectivity index (χ3v) is 7.88. The minimum atomic E-state index is -4.98. The van der Waals surface area contributed by atoms with E-state index in [1.54, 1.807) is 4.90 Å². The van der Waals surface area contributed by atoms with Gasteiger partial charge in [0.05, 0.1) is 41.3 Å². The second-order valence-electron chi connectivity index (χ2n) is 11.3. The predicted octanol–water partition coefficient (Wildman–Crippen LogP) is 5.96. The molecule has 8 nitrogen and oxygen atoms in total. The van der Waals surface area contributed by atoms with Crippen molar-refractivity contribution >= 4 is 23.2 Å². The molecule has 3 heterocycles. The van der Waals surface area contributed by atoms with Crippen LogP contribution in [-0.4, -0.2) is 72.3 Å². The maximum atomic E-state index is 15.8. The fourth-order valence-electron chi connectivity index (χ4n) is 5.58. The summed E-state index contributed by atoms with van der Waals surface area (Å²) in [5.74, 6) is -2.45. The van der Waals surface area contributed by atoms with Crippen LogP contribution in [0.4, 0.5) is 39.3 Å². The number of rotatable bonds is 5. The van der Waals surface area contributed by atoms with Crippen molar-refractivity contribution in [3.8, 4) is 11.1 Å². The third kappa shape index (κ3) is 6.47. The van der Waals surface area contributed by atoms with Gasteiger partial charge in [0.25, 0.3) is 5.91 Å². The van der Waals surface area contributed by atoms with Crippen LogP contribution in [0, 0.1) is 11.6 Å². The first-order chi connectivity index (χ1) is 20.7. The summed E-state index contributed by atoms with van der Waals surface area (Å²) in [5.41, 5.74) is -0.797. The molecule has 1 N–H and O–H groups in total. The van der Waals surface area contributed by atoms with E-state index >= 15 is 4.39 Å². The Morgan fingerprint density at radius 2 is 1.66 bits per heavy atom. The Kier molecular flexibility index (Phi) is 8.52. The van der Waals surface area contributed by atoms with Crippen LogP contribution in [0.15, 0.2) is 55.0 Å². The number of piperazine rings is 1. The Morgan fingerprint density at radius 3 is 2.27 bits per heavy atom. The molecule has 3 aromatic rings. The molecule has 44 heavy (non-hydrogen) atoms. The maximum absolute atomic E-state index is 15.8. The molecule has 3 atom stereocenters. The topological polar surface area (TPSA) is 73.8 Å². The summed E-state index contributed by atoms with van der Waals surface area (Å²) in [4.78, 5) is 27.9. The zero-order valence-corrected chi connectivity index (χ0v) is 24.8. The van der Waals surface area contributed by atoms with Crippen molar-refractivity contribution in [3.05, 3.63) is 77.8 Å². The number of nitrogens with zero attached hydrogens (tertiary/aromatic N) is 5. The first-order valence-electron chi connectivity index (χ1n) is 14.1. The van der Waals surface area contributed by atoms with Crippen LogP contribution in [0.1, 0.15) is 36.7 Å². The lowest BCUT2D eigenvalue weighted by Crippen LogP contribution is -2.48. The number of morpholine rings is 1. The summed E-state index contributed by atoms with van der Waals surface area (Å²) < 4.78 is 76.5. The number of likely N-dealkylation sites (N-methyl/N-ethyl adjacent to an activating group) is 1. The van der Waals surface area contributed by atoms with Gasteiger partial charge in [0.15, 0.2) is 0 Å². The van der Waals surface area contributed by atoms with Crippen molar-refractivity contribution < 1.29 is 31.5 Å². The molecule has 0 unspecified atom stereocenters. The van der Waals surface area contributed by atoms with E-state index in [1.165, 1.54) is 24.5 Å². The molecule has 2 fully saturated rings. The summed E-state index contributed by atoms with van der Waals surface area (Å²) in [7, 11) is 1.88. The van der Waals surface area contributed by atoms with Gasteiger partial charge in [0, 0.05) is 61.9 Å². The molecule has 2 saturated heterocycles. The van der Waals surface area contributed by atoms with Crippen molar-refractivity contribution in [2.75, 3.05) is 48.3 Å². The van der Waals surface area contributed by atoms with Gasteiger partial charge in [0.2, 0.25) is 5.95 Å². The molecule has 0 saturated carbocycles.